The molecule has 1 N–H and O–H groups in total. The summed E-state index contributed by atoms with van der Waals surface area (Å²) in [6, 6.07) is 18.5. The first-order valence-electron chi connectivity index (χ1n) is 8.69. The lowest BCUT2D eigenvalue weighted by Gasteiger charge is -2.29. The van der Waals surface area contributed by atoms with E-state index in [9.17, 15) is 13.2 Å². The van der Waals surface area contributed by atoms with Crippen LogP contribution in [0, 0.1) is 6.92 Å². The number of hydrogen-bond donors (Lipinski definition) is 1. The average Bonchev–Trinajstić information content (AvgIpc) is 3.17. The Labute approximate surface area is 168 Å². The minimum atomic E-state index is -3.99. The molecule has 2 aromatic carbocycles. The Hall–Kier alpha value is -2.90. The van der Waals surface area contributed by atoms with Gasteiger partial charge in [-0.3, -0.25) is 9.10 Å². The normalized spacial score (nSPS) is 16.8. The van der Waals surface area contributed by atoms with Crippen LogP contribution in [-0.2, 0) is 16.6 Å². The van der Waals surface area contributed by atoms with Gasteiger partial charge < -0.3 is 5.32 Å². The SMILES string of the molecule is Cc1ccccc1N/C=C1/C(=O)c2sccc2N(Cc2ccccc2)S1(=O)=O. The highest BCUT2D eigenvalue weighted by Crippen LogP contribution is 2.39. The number of thiophene rings is 1. The van der Waals surface area contributed by atoms with Crippen molar-refractivity contribution < 1.29 is 13.2 Å². The summed E-state index contributed by atoms with van der Waals surface area (Å²) in [5, 5.41) is 4.74. The quantitative estimate of drug-likeness (QED) is 0.641. The van der Waals surface area contributed by atoms with Crippen LogP contribution < -0.4 is 9.62 Å². The van der Waals surface area contributed by atoms with Crippen LogP contribution in [-0.4, -0.2) is 14.2 Å². The van der Waals surface area contributed by atoms with E-state index < -0.39 is 15.8 Å². The van der Waals surface area contributed by atoms with Crippen molar-refractivity contribution in [3.05, 3.63) is 93.2 Å². The molecular weight excluding hydrogens is 392 g/mol. The van der Waals surface area contributed by atoms with E-state index in [2.05, 4.69) is 5.32 Å². The van der Waals surface area contributed by atoms with Gasteiger partial charge >= 0.3 is 0 Å². The number of carbonyl (C=O) groups is 1. The first-order valence-corrected chi connectivity index (χ1v) is 11.0. The molecule has 28 heavy (non-hydrogen) atoms. The molecule has 0 saturated heterocycles. The van der Waals surface area contributed by atoms with E-state index in [0.717, 1.165) is 16.8 Å². The smallest absolute Gasteiger partial charge is 0.270 e. The largest absolute Gasteiger partial charge is 0.360 e. The zero-order valence-corrected chi connectivity index (χ0v) is 16.8. The van der Waals surface area contributed by atoms with E-state index in [1.165, 1.54) is 21.8 Å². The fourth-order valence-corrected chi connectivity index (χ4v) is 5.57. The molecule has 7 heteroatoms. The fraction of sp³-hybridized carbons (Fsp3) is 0.0952. The molecule has 0 atom stereocenters. The van der Waals surface area contributed by atoms with E-state index in [1.807, 2.05) is 61.5 Å². The third-order valence-electron chi connectivity index (χ3n) is 4.58. The summed E-state index contributed by atoms with van der Waals surface area (Å²) in [6.45, 7) is 2.08. The van der Waals surface area contributed by atoms with E-state index in [1.54, 1.807) is 11.4 Å². The highest BCUT2D eigenvalue weighted by atomic mass is 32.2. The second-order valence-corrected chi connectivity index (χ2v) is 9.18. The number of carbonyl (C=O) groups excluding carboxylic acids is 1. The fourth-order valence-electron chi connectivity index (χ4n) is 3.08. The number of ketones is 1. The van der Waals surface area contributed by atoms with Crippen LogP contribution >= 0.6 is 11.3 Å². The van der Waals surface area contributed by atoms with Crippen LogP contribution in [0.2, 0.25) is 0 Å². The number of aryl methyl sites for hydroxylation is 1. The van der Waals surface area contributed by atoms with Gasteiger partial charge in [-0.1, -0.05) is 48.5 Å². The second kappa shape index (κ2) is 7.26. The molecule has 1 aliphatic heterocycles. The molecule has 0 spiro atoms. The first kappa shape index (κ1) is 18.5. The van der Waals surface area contributed by atoms with Crippen molar-refractivity contribution >= 4 is 38.5 Å². The van der Waals surface area contributed by atoms with Gasteiger partial charge in [0.1, 0.15) is 4.88 Å². The second-order valence-electron chi connectivity index (χ2n) is 6.43. The van der Waals surface area contributed by atoms with Crippen LogP contribution in [0.25, 0.3) is 0 Å². The Balaban J connectivity index is 1.77. The van der Waals surface area contributed by atoms with Crippen molar-refractivity contribution in [2.75, 3.05) is 9.62 Å². The monoisotopic (exact) mass is 410 g/mol. The lowest BCUT2D eigenvalue weighted by Crippen LogP contribution is -2.38. The number of fused-ring (bicyclic) bond motifs is 1. The molecule has 2 heterocycles. The van der Waals surface area contributed by atoms with Crippen LogP contribution in [0.15, 0.2) is 77.1 Å². The lowest BCUT2D eigenvalue weighted by molar-refractivity contribution is 0.104. The Kier molecular flexibility index (Phi) is 4.78. The van der Waals surface area contributed by atoms with E-state index in [4.69, 9.17) is 0 Å². The van der Waals surface area contributed by atoms with Gasteiger partial charge in [0.25, 0.3) is 10.0 Å². The Morgan fingerprint density at radius 1 is 1.04 bits per heavy atom. The van der Waals surface area contributed by atoms with Gasteiger partial charge in [0, 0.05) is 11.9 Å². The Morgan fingerprint density at radius 2 is 1.75 bits per heavy atom. The number of Topliss-reactive ketones (excluding diaryl/α,β-unsaturated/α-hetero) is 1. The van der Waals surface area contributed by atoms with Gasteiger partial charge in [0.2, 0.25) is 5.78 Å². The molecule has 0 amide bonds. The summed E-state index contributed by atoms with van der Waals surface area (Å²) >= 11 is 1.25. The van der Waals surface area contributed by atoms with Crippen LogP contribution in [0.3, 0.4) is 0 Å². The molecule has 0 saturated carbocycles. The third kappa shape index (κ3) is 3.23. The number of para-hydroxylation sites is 1. The highest BCUT2D eigenvalue weighted by Gasteiger charge is 2.41. The molecule has 3 aromatic rings. The standard InChI is InChI=1S/C21H18N2O3S2/c1-15-7-5-6-10-17(15)22-13-19-20(24)21-18(11-12-27-21)23(28(19,25)26)14-16-8-3-2-4-9-16/h2-13,22H,14H2,1H3/b19-13-. The number of rotatable bonds is 4. The van der Waals surface area contributed by atoms with Crippen LogP contribution in [0.4, 0.5) is 11.4 Å². The zero-order chi connectivity index (χ0) is 19.7. The van der Waals surface area contributed by atoms with Crippen molar-refractivity contribution in [1.82, 2.24) is 0 Å². The number of anilines is 2. The Bertz CT molecular complexity index is 1170. The maximum Gasteiger partial charge on any atom is 0.270 e. The summed E-state index contributed by atoms with van der Waals surface area (Å²) in [5.74, 6) is -0.476. The molecule has 4 rings (SSSR count). The minimum Gasteiger partial charge on any atom is -0.360 e. The van der Waals surface area contributed by atoms with E-state index >= 15 is 0 Å². The number of hydrogen-bond acceptors (Lipinski definition) is 5. The van der Waals surface area contributed by atoms with Crippen molar-refractivity contribution in [2.45, 2.75) is 13.5 Å². The van der Waals surface area contributed by atoms with Gasteiger partial charge in [0.15, 0.2) is 4.91 Å². The Morgan fingerprint density at radius 3 is 2.50 bits per heavy atom. The molecule has 142 valence electrons. The topological polar surface area (TPSA) is 66.5 Å². The molecule has 0 radical (unpaired) electrons. The lowest BCUT2D eigenvalue weighted by atomic mass is 10.2. The van der Waals surface area contributed by atoms with E-state index in [-0.39, 0.29) is 11.4 Å². The summed E-state index contributed by atoms with van der Waals surface area (Å²) in [6.07, 6.45) is 1.31. The molecule has 0 unspecified atom stereocenters. The molecular formula is C21H18N2O3S2. The van der Waals surface area contributed by atoms with Crippen LogP contribution in [0.1, 0.15) is 20.8 Å². The molecule has 0 fully saturated rings. The number of sulfonamides is 1. The zero-order valence-electron chi connectivity index (χ0n) is 15.1. The molecule has 0 aliphatic carbocycles. The number of allylic oxidation sites excluding steroid dienone is 1. The maximum atomic E-state index is 13.3. The van der Waals surface area contributed by atoms with Crippen molar-refractivity contribution in [3.63, 3.8) is 0 Å². The summed E-state index contributed by atoms with van der Waals surface area (Å²) in [5.41, 5.74) is 3.00. The van der Waals surface area contributed by atoms with Gasteiger partial charge in [-0.15, -0.1) is 11.3 Å². The van der Waals surface area contributed by atoms with Gasteiger partial charge in [-0.05, 0) is 35.6 Å². The molecule has 1 aromatic heterocycles. The number of benzene rings is 2. The van der Waals surface area contributed by atoms with Gasteiger partial charge in [0.05, 0.1) is 12.2 Å². The van der Waals surface area contributed by atoms with Crippen LogP contribution in [0.5, 0.6) is 0 Å². The average molecular weight is 411 g/mol. The predicted molar refractivity (Wildman–Crippen MR) is 113 cm³/mol. The minimum absolute atomic E-state index is 0.169. The maximum absolute atomic E-state index is 13.3. The van der Waals surface area contributed by atoms with Crippen molar-refractivity contribution in [2.24, 2.45) is 0 Å². The van der Waals surface area contributed by atoms with E-state index in [0.29, 0.717) is 10.6 Å². The predicted octanol–water partition coefficient (Wildman–Crippen LogP) is 4.54. The van der Waals surface area contributed by atoms with Gasteiger partial charge in [-0.25, -0.2) is 8.42 Å². The first-order chi connectivity index (χ1) is 13.5. The molecule has 1 aliphatic rings. The summed E-state index contributed by atoms with van der Waals surface area (Å²) in [4.78, 5) is 13.1. The summed E-state index contributed by atoms with van der Waals surface area (Å²) in [7, 11) is -3.99. The number of nitrogens with one attached hydrogen (secondary N) is 1. The third-order valence-corrected chi connectivity index (χ3v) is 7.25. The summed E-state index contributed by atoms with van der Waals surface area (Å²) < 4.78 is 27.9. The van der Waals surface area contributed by atoms with Crippen molar-refractivity contribution in [1.29, 1.82) is 0 Å². The van der Waals surface area contributed by atoms with Gasteiger partial charge in [-0.2, -0.15) is 0 Å². The molecule has 0 bridgehead atoms. The highest BCUT2D eigenvalue weighted by molar-refractivity contribution is 7.97. The molecule has 5 nitrogen and oxygen atoms in total. The van der Waals surface area contributed by atoms with Crippen molar-refractivity contribution in [3.8, 4) is 0 Å². The number of nitrogens with zero attached hydrogens (tertiary/aromatic N) is 1.